The van der Waals surface area contributed by atoms with Crippen molar-refractivity contribution in [2.45, 2.75) is 31.6 Å². The van der Waals surface area contributed by atoms with Crippen molar-refractivity contribution in [3.8, 4) is 33.8 Å². The van der Waals surface area contributed by atoms with Crippen LogP contribution < -0.4 is 4.74 Å². The highest BCUT2D eigenvalue weighted by atomic mass is 16.5. The van der Waals surface area contributed by atoms with Gasteiger partial charge in [-0.15, -0.1) is 0 Å². The van der Waals surface area contributed by atoms with Crippen molar-refractivity contribution in [3.63, 3.8) is 0 Å². The molecule has 1 aliphatic carbocycles. The fourth-order valence-electron chi connectivity index (χ4n) is 7.25. The number of ether oxygens (including phenoxy) is 1. The van der Waals surface area contributed by atoms with Crippen LogP contribution in [0.4, 0.5) is 0 Å². The third-order valence-electron chi connectivity index (χ3n) is 9.40. The molecular formula is C39H30O. The summed E-state index contributed by atoms with van der Waals surface area (Å²) in [6.45, 7) is 6.98. The van der Waals surface area contributed by atoms with Gasteiger partial charge in [0.1, 0.15) is 11.5 Å². The SMILES string of the molecule is CC1(C)c2ccccc2Oc2cc(-c3ccc4c(c3)C(C)(c3ccccc3)c3c-4ccc4ccccc34)ccc21. The first-order valence-corrected chi connectivity index (χ1v) is 14.1. The monoisotopic (exact) mass is 514 g/mol. The Kier molecular flexibility index (Phi) is 4.77. The van der Waals surface area contributed by atoms with E-state index in [1.54, 1.807) is 0 Å². The van der Waals surface area contributed by atoms with Crippen LogP contribution in [0.25, 0.3) is 33.0 Å². The number of para-hydroxylation sites is 1. The van der Waals surface area contributed by atoms with Crippen LogP contribution in [-0.2, 0) is 10.8 Å². The smallest absolute Gasteiger partial charge is 0.132 e. The maximum absolute atomic E-state index is 6.48. The molecule has 1 atom stereocenters. The second-order valence-electron chi connectivity index (χ2n) is 11.9. The largest absolute Gasteiger partial charge is 0.457 e. The second-order valence-corrected chi connectivity index (χ2v) is 11.9. The molecule has 40 heavy (non-hydrogen) atoms. The molecule has 0 aromatic heterocycles. The van der Waals surface area contributed by atoms with Crippen molar-refractivity contribution in [2.24, 2.45) is 0 Å². The molecule has 0 spiro atoms. The summed E-state index contributed by atoms with van der Waals surface area (Å²) >= 11 is 0. The fraction of sp³-hybridized carbons (Fsp3) is 0.128. The van der Waals surface area contributed by atoms with E-state index in [4.69, 9.17) is 4.74 Å². The van der Waals surface area contributed by atoms with Crippen LogP contribution in [0.1, 0.15) is 48.6 Å². The number of benzene rings is 6. The minimum absolute atomic E-state index is 0.116. The summed E-state index contributed by atoms with van der Waals surface area (Å²) in [6.07, 6.45) is 0. The average Bonchev–Trinajstić information content (AvgIpc) is 3.26. The maximum atomic E-state index is 6.48. The molecule has 1 aliphatic heterocycles. The molecule has 192 valence electrons. The van der Waals surface area contributed by atoms with Crippen molar-refractivity contribution < 1.29 is 4.74 Å². The third kappa shape index (κ3) is 3.09. The predicted octanol–water partition coefficient (Wildman–Crippen LogP) is 10.3. The number of fused-ring (bicyclic) bond motifs is 7. The summed E-state index contributed by atoms with van der Waals surface area (Å²) in [5, 5.41) is 2.61. The van der Waals surface area contributed by atoms with Crippen molar-refractivity contribution in [3.05, 3.63) is 155 Å². The Morgan fingerprint density at radius 1 is 0.500 bits per heavy atom. The van der Waals surface area contributed by atoms with Crippen molar-refractivity contribution in [2.75, 3.05) is 0 Å². The van der Waals surface area contributed by atoms with E-state index in [9.17, 15) is 0 Å². The summed E-state index contributed by atoms with van der Waals surface area (Å²) in [4.78, 5) is 0. The van der Waals surface area contributed by atoms with Gasteiger partial charge in [0.25, 0.3) is 0 Å². The molecule has 0 saturated heterocycles. The molecule has 0 amide bonds. The predicted molar refractivity (Wildman–Crippen MR) is 165 cm³/mol. The van der Waals surface area contributed by atoms with E-state index in [-0.39, 0.29) is 10.8 Å². The lowest BCUT2D eigenvalue weighted by molar-refractivity contribution is 0.418. The lowest BCUT2D eigenvalue weighted by Crippen LogP contribution is -2.24. The molecule has 1 heterocycles. The van der Waals surface area contributed by atoms with Crippen LogP contribution in [0.5, 0.6) is 11.5 Å². The van der Waals surface area contributed by atoms with Crippen LogP contribution in [-0.4, -0.2) is 0 Å². The van der Waals surface area contributed by atoms with E-state index in [1.807, 2.05) is 0 Å². The van der Waals surface area contributed by atoms with E-state index in [0.29, 0.717) is 0 Å². The van der Waals surface area contributed by atoms with Crippen molar-refractivity contribution in [1.82, 2.24) is 0 Å². The van der Waals surface area contributed by atoms with Gasteiger partial charge in [-0.05, 0) is 74.8 Å². The zero-order valence-corrected chi connectivity index (χ0v) is 23.0. The molecule has 1 nitrogen and oxygen atoms in total. The highest BCUT2D eigenvalue weighted by Crippen LogP contribution is 2.56. The van der Waals surface area contributed by atoms with Gasteiger partial charge in [0.2, 0.25) is 0 Å². The van der Waals surface area contributed by atoms with Crippen LogP contribution in [0.15, 0.2) is 127 Å². The highest BCUT2D eigenvalue weighted by Gasteiger charge is 2.42. The van der Waals surface area contributed by atoms with E-state index in [1.165, 1.54) is 60.8 Å². The lowest BCUT2D eigenvalue weighted by Gasteiger charge is -2.34. The third-order valence-corrected chi connectivity index (χ3v) is 9.40. The summed E-state index contributed by atoms with van der Waals surface area (Å²) in [6, 6.07) is 46.5. The number of rotatable bonds is 2. The van der Waals surface area contributed by atoms with Gasteiger partial charge in [-0.3, -0.25) is 0 Å². The van der Waals surface area contributed by atoms with Gasteiger partial charge >= 0.3 is 0 Å². The van der Waals surface area contributed by atoms with E-state index < -0.39 is 0 Å². The standard InChI is InChI=1S/C39H30O/c1-38(2)32-15-9-10-16-35(32)40-36-24-27(19-22-33(36)38)26-18-20-30-31-21-17-25-11-7-8-14-29(25)37(31)39(3,34(30)23-26)28-12-5-4-6-13-28/h4-24H,1-3H3. The molecule has 0 N–H and O–H groups in total. The zero-order chi connectivity index (χ0) is 27.1. The van der Waals surface area contributed by atoms with E-state index >= 15 is 0 Å². The molecule has 6 aromatic rings. The summed E-state index contributed by atoms with van der Waals surface area (Å²) in [7, 11) is 0. The Labute approximate surface area is 235 Å². The van der Waals surface area contributed by atoms with Crippen molar-refractivity contribution in [1.29, 1.82) is 0 Å². The molecule has 6 aromatic carbocycles. The molecule has 1 heteroatoms. The summed E-state index contributed by atoms with van der Waals surface area (Å²) in [5.41, 5.74) is 11.2. The van der Waals surface area contributed by atoms with Gasteiger partial charge in [0, 0.05) is 22.0 Å². The minimum Gasteiger partial charge on any atom is -0.457 e. The maximum Gasteiger partial charge on any atom is 0.132 e. The van der Waals surface area contributed by atoms with Gasteiger partial charge in [0.15, 0.2) is 0 Å². The molecule has 2 aliphatic rings. The summed E-state index contributed by atoms with van der Waals surface area (Å²) < 4.78 is 6.48. The van der Waals surface area contributed by atoms with E-state index in [2.05, 4.69) is 148 Å². The Morgan fingerprint density at radius 2 is 1.18 bits per heavy atom. The Balaban J connectivity index is 1.32. The fourth-order valence-corrected chi connectivity index (χ4v) is 7.25. The average molecular weight is 515 g/mol. The second kappa shape index (κ2) is 8.19. The highest BCUT2D eigenvalue weighted by molar-refractivity contribution is 5.99. The van der Waals surface area contributed by atoms with Gasteiger partial charge in [-0.1, -0.05) is 123 Å². The quantitative estimate of drug-likeness (QED) is 0.223. The normalized spacial score (nSPS) is 17.9. The molecule has 8 rings (SSSR count). The Morgan fingerprint density at radius 3 is 2.05 bits per heavy atom. The molecule has 0 saturated carbocycles. The lowest BCUT2D eigenvalue weighted by atomic mass is 9.72. The number of hydrogen-bond donors (Lipinski definition) is 0. The molecule has 0 radical (unpaired) electrons. The van der Waals surface area contributed by atoms with Crippen LogP contribution in [0, 0.1) is 0 Å². The first-order valence-electron chi connectivity index (χ1n) is 14.1. The molecule has 1 unspecified atom stereocenters. The van der Waals surface area contributed by atoms with Gasteiger partial charge < -0.3 is 4.74 Å². The summed E-state index contributed by atoms with van der Waals surface area (Å²) in [5.74, 6) is 1.90. The van der Waals surface area contributed by atoms with Gasteiger partial charge in [-0.2, -0.15) is 0 Å². The van der Waals surface area contributed by atoms with Crippen LogP contribution in [0.3, 0.4) is 0 Å². The van der Waals surface area contributed by atoms with Crippen LogP contribution in [0.2, 0.25) is 0 Å². The zero-order valence-electron chi connectivity index (χ0n) is 23.0. The van der Waals surface area contributed by atoms with Gasteiger partial charge in [0.05, 0.1) is 0 Å². The van der Waals surface area contributed by atoms with Gasteiger partial charge in [-0.25, -0.2) is 0 Å². The number of hydrogen-bond acceptors (Lipinski definition) is 1. The van der Waals surface area contributed by atoms with Crippen molar-refractivity contribution >= 4 is 10.8 Å². The first kappa shape index (κ1) is 23.3. The Bertz CT molecular complexity index is 1960. The molecule has 0 bridgehead atoms. The minimum atomic E-state index is -0.269. The van der Waals surface area contributed by atoms with E-state index in [0.717, 1.165) is 11.5 Å². The van der Waals surface area contributed by atoms with Crippen LogP contribution >= 0.6 is 0 Å². The molecule has 0 fully saturated rings. The molecular weight excluding hydrogens is 484 g/mol. The first-order chi connectivity index (χ1) is 19.5. The Hall–Kier alpha value is -4.62. The topological polar surface area (TPSA) is 9.23 Å².